The van der Waals surface area contributed by atoms with Crippen LogP contribution in [0.1, 0.15) is 0 Å². The number of fused-ring (bicyclic) bond motifs is 1. The summed E-state index contributed by atoms with van der Waals surface area (Å²) in [4.78, 5) is 11.8. The number of aliphatic hydroxyl groups excluding tert-OH is 3. The second-order valence-corrected chi connectivity index (χ2v) is 3.90. The molecule has 0 aliphatic rings. The van der Waals surface area contributed by atoms with Crippen molar-refractivity contribution in [1.29, 1.82) is 0 Å². The van der Waals surface area contributed by atoms with Crippen LogP contribution in [0, 0.1) is 13.0 Å². The van der Waals surface area contributed by atoms with Crippen molar-refractivity contribution in [3.8, 4) is 0 Å². The van der Waals surface area contributed by atoms with Gasteiger partial charge >= 0.3 is 0 Å². The first kappa shape index (κ1) is 16.7. The molecule has 0 saturated carbocycles. The number of aromatic nitrogens is 4. The van der Waals surface area contributed by atoms with Gasteiger partial charge < -0.3 is 24.9 Å². The SMILES string of the molecule is OC[CH-][C@@H](O)[C@@H](O)[CH-]n1cnc2c(Cl)ncnc21.[Y]. The van der Waals surface area contributed by atoms with Gasteiger partial charge in [-0.25, -0.2) is 4.98 Å². The van der Waals surface area contributed by atoms with E-state index >= 15 is 0 Å². The molecule has 0 spiro atoms. The van der Waals surface area contributed by atoms with Crippen LogP contribution in [0.2, 0.25) is 5.15 Å². The second kappa shape index (κ2) is 7.47. The fraction of sp³-hybridized carbons (Fsp3) is 0.300. The Morgan fingerprint density at radius 2 is 2.00 bits per heavy atom. The molecule has 7 nitrogen and oxygen atoms in total. The van der Waals surface area contributed by atoms with Crippen molar-refractivity contribution >= 4 is 22.8 Å². The minimum atomic E-state index is -1.19. The van der Waals surface area contributed by atoms with Crippen molar-refractivity contribution in [2.24, 2.45) is 0 Å². The van der Waals surface area contributed by atoms with Crippen molar-refractivity contribution in [1.82, 2.24) is 19.5 Å². The van der Waals surface area contributed by atoms with Crippen molar-refractivity contribution in [2.45, 2.75) is 12.2 Å². The molecule has 9 heteroatoms. The molecule has 2 heterocycles. The van der Waals surface area contributed by atoms with Crippen LogP contribution >= 0.6 is 11.6 Å². The molecule has 0 unspecified atom stereocenters. The Labute approximate surface area is 139 Å². The minimum absolute atomic E-state index is 0. The van der Waals surface area contributed by atoms with E-state index in [-0.39, 0.29) is 44.5 Å². The summed E-state index contributed by atoms with van der Waals surface area (Å²) in [6.45, 7) is 0.986. The van der Waals surface area contributed by atoms with Gasteiger partial charge in [-0.3, -0.25) is 11.4 Å². The summed E-state index contributed by atoms with van der Waals surface area (Å²) in [5, 5.41) is 28.0. The van der Waals surface area contributed by atoms with Gasteiger partial charge in [0, 0.05) is 38.8 Å². The minimum Gasteiger partial charge on any atom is -0.451 e. The third kappa shape index (κ3) is 3.84. The predicted molar refractivity (Wildman–Crippen MR) is 63.4 cm³/mol. The van der Waals surface area contributed by atoms with Crippen molar-refractivity contribution in [3.05, 3.63) is 30.8 Å². The number of aliphatic hydroxyl groups is 3. The van der Waals surface area contributed by atoms with Crippen LogP contribution in [0.3, 0.4) is 0 Å². The monoisotopic (exact) mass is 359 g/mol. The Kier molecular flexibility index (Phi) is 6.58. The second-order valence-electron chi connectivity index (χ2n) is 3.54. The molecule has 0 aliphatic carbocycles. The molecule has 2 aromatic rings. The Bertz CT molecular complexity index is 538. The third-order valence-electron chi connectivity index (χ3n) is 2.32. The van der Waals surface area contributed by atoms with E-state index in [2.05, 4.69) is 15.0 Å². The predicted octanol–water partition coefficient (Wildman–Crippen LogP) is -0.595. The van der Waals surface area contributed by atoms with Gasteiger partial charge in [0.05, 0.1) is 11.2 Å². The van der Waals surface area contributed by atoms with Gasteiger partial charge in [0.25, 0.3) is 0 Å². The van der Waals surface area contributed by atoms with Crippen LogP contribution < -0.4 is 0 Å². The number of imidazole rings is 1. The maximum absolute atomic E-state index is 9.68. The summed E-state index contributed by atoms with van der Waals surface area (Å²) in [5.74, 6) is 0. The first-order chi connectivity index (χ1) is 8.63. The van der Waals surface area contributed by atoms with Gasteiger partial charge in [0.1, 0.15) is 11.5 Å². The van der Waals surface area contributed by atoms with Gasteiger partial charge in [0.2, 0.25) is 0 Å². The molecule has 0 saturated heterocycles. The summed E-state index contributed by atoms with van der Waals surface area (Å²) < 4.78 is 1.43. The van der Waals surface area contributed by atoms with E-state index in [4.69, 9.17) is 16.7 Å². The Morgan fingerprint density at radius 1 is 1.26 bits per heavy atom. The first-order valence-corrected chi connectivity index (χ1v) is 5.49. The summed E-state index contributed by atoms with van der Waals surface area (Å²) in [6, 6.07) is 0. The molecule has 0 aliphatic heterocycles. The van der Waals surface area contributed by atoms with E-state index in [0.29, 0.717) is 11.2 Å². The zero-order valence-corrected chi connectivity index (χ0v) is 13.4. The first-order valence-electron chi connectivity index (χ1n) is 5.12. The average molecular weight is 360 g/mol. The van der Waals surface area contributed by atoms with E-state index in [1.54, 1.807) is 0 Å². The van der Waals surface area contributed by atoms with E-state index in [1.807, 2.05) is 0 Å². The summed E-state index contributed by atoms with van der Waals surface area (Å²) >= 11 is 5.83. The average Bonchev–Trinajstić information content (AvgIpc) is 2.74. The maximum Gasteiger partial charge on any atom is 0.146 e. The number of nitrogens with zero attached hydrogens (tertiary/aromatic N) is 4. The van der Waals surface area contributed by atoms with Crippen LogP contribution in [0.4, 0.5) is 0 Å². The van der Waals surface area contributed by atoms with E-state index in [0.717, 1.165) is 0 Å². The number of halogens is 1. The molecule has 1 radical (unpaired) electrons. The van der Waals surface area contributed by atoms with Crippen molar-refractivity contribution < 1.29 is 48.0 Å². The number of rotatable bonds is 5. The van der Waals surface area contributed by atoms with E-state index in [9.17, 15) is 10.2 Å². The fourth-order valence-corrected chi connectivity index (χ4v) is 1.61. The van der Waals surface area contributed by atoms with Gasteiger partial charge in [0.15, 0.2) is 0 Å². The quantitative estimate of drug-likeness (QED) is 0.487. The van der Waals surface area contributed by atoms with Crippen LogP contribution in [-0.4, -0.2) is 53.7 Å². The Balaban J connectivity index is 0.00000180. The molecule has 3 N–H and O–H groups in total. The van der Waals surface area contributed by atoms with Crippen molar-refractivity contribution in [2.75, 3.05) is 6.61 Å². The normalized spacial score (nSPS) is 13.9. The molecule has 0 aromatic carbocycles. The maximum atomic E-state index is 9.68. The standard InChI is InChI=1S/C10H11ClN4O3.Y/c11-9-8-10(13-4-12-9)15(5-14-8)3-7(18)6(17)1-2-16;/h1,3-7,16-18H,2H2;/q-2;/t6-,7+;/m1./s1. The molecule has 0 bridgehead atoms. The largest absolute Gasteiger partial charge is 0.451 e. The van der Waals surface area contributed by atoms with Crippen LogP contribution in [0.25, 0.3) is 11.2 Å². The van der Waals surface area contributed by atoms with Gasteiger partial charge in [-0.2, -0.15) is 0 Å². The summed E-state index contributed by atoms with van der Waals surface area (Å²) in [7, 11) is 0. The molecular weight excluding hydrogens is 348 g/mol. The fourth-order valence-electron chi connectivity index (χ4n) is 1.43. The smallest absolute Gasteiger partial charge is 0.146 e. The van der Waals surface area contributed by atoms with Crippen molar-refractivity contribution in [3.63, 3.8) is 0 Å². The van der Waals surface area contributed by atoms with E-state index < -0.39 is 12.2 Å². The number of hydrogen-bond acceptors (Lipinski definition) is 6. The topological polar surface area (TPSA) is 104 Å². The summed E-state index contributed by atoms with van der Waals surface area (Å²) in [6.07, 6.45) is 1.48. The molecule has 2 aromatic heterocycles. The third-order valence-corrected chi connectivity index (χ3v) is 2.60. The Morgan fingerprint density at radius 3 is 2.68 bits per heavy atom. The molecule has 2 atom stereocenters. The van der Waals surface area contributed by atoms with Crippen LogP contribution in [0.5, 0.6) is 0 Å². The molecule has 2 rings (SSSR count). The van der Waals surface area contributed by atoms with Crippen LogP contribution in [-0.2, 0) is 32.7 Å². The molecular formula is C10H11ClN4O3Y-2. The van der Waals surface area contributed by atoms with Gasteiger partial charge in [-0.1, -0.05) is 24.8 Å². The molecule has 101 valence electrons. The zero-order valence-electron chi connectivity index (χ0n) is 9.76. The number of hydrogen-bond donors (Lipinski definition) is 3. The van der Waals surface area contributed by atoms with Crippen LogP contribution in [0.15, 0.2) is 12.7 Å². The Hall–Kier alpha value is -0.306. The van der Waals surface area contributed by atoms with Gasteiger partial charge in [-0.15, -0.1) is 0 Å². The molecule has 0 fully saturated rings. The molecule has 19 heavy (non-hydrogen) atoms. The molecule has 0 amide bonds. The van der Waals surface area contributed by atoms with E-state index in [1.165, 1.54) is 30.2 Å². The zero-order chi connectivity index (χ0) is 13.1. The summed E-state index contributed by atoms with van der Waals surface area (Å²) in [5.41, 5.74) is 0.827. The van der Waals surface area contributed by atoms with Gasteiger partial charge in [-0.05, 0) is 12.4 Å².